The van der Waals surface area contributed by atoms with Crippen molar-refractivity contribution in [2.24, 2.45) is 11.3 Å². The molecule has 1 N–H and O–H groups in total. The molecule has 0 spiro atoms. The Morgan fingerprint density at radius 3 is 2.62 bits per heavy atom. The lowest BCUT2D eigenvalue weighted by molar-refractivity contribution is -0.161. The van der Waals surface area contributed by atoms with E-state index in [9.17, 15) is 9.90 Å². The van der Waals surface area contributed by atoms with Crippen LogP contribution >= 0.6 is 0 Å². The lowest BCUT2D eigenvalue weighted by atomic mass is 9.49. The third-order valence-corrected chi connectivity index (χ3v) is 6.71. The van der Waals surface area contributed by atoms with Gasteiger partial charge in [0.2, 0.25) is 0 Å². The first-order chi connectivity index (χ1) is 11.1. The average molecular weight is 330 g/mol. The van der Waals surface area contributed by atoms with Crippen molar-refractivity contribution in [2.45, 2.75) is 70.8 Å². The SMILES string of the molecule is COC(=O)[C@]1(C)CCC[C@]2(C)c3ccc(C(C)(C)O)cc3CC[C@H]12. The number of methoxy groups -OCH3 is 1. The summed E-state index contributed by atoms with van der Waals surface area (Å²) < 4.78 is 5.17. The largest absolute Gasteiger partial charge is 0.469 e. The van der Waals surface area contributed by atoms with Crippen LogP contribution in [0.1, 0.15) is 70.1 Å². The molecule has 24 heavy (non-hydrogen) atoms. The third-order valence-electron chi connectivity index (χ3n) is 6.71. The number of fused-ring (bicyclic) bond motifs is 3. The lowest BCUT2D eigenvalue weighted by Crippen LogP contribution is -2.52. The van der Waals surface area contributed by atoms with E-state index in [1.165, 1.54) is 18.2 Å². The van der Waals surface area contributed by atoms with Gasteiger partial charge in [0, 0.05) is 0 Å². The summed E-state index contributed by atoms with van der Waals surface area (Å²) in [6, 6.07) is 6.41. The lowest BCUT2D eigenvalue weighted by Gasteiger charge is -2.54. The van der Waals surface area contributed by atoms with Crippen molar-refractivity contribution in [2.75, 3.05) is 7.11 Å². The highest BCUT2D eigenvalue weighted by molar-refractivity contribution is 5.77. The molecule has 3 rings (SSSR count). The Morgan fingerprint density at radius 1 is 1.29 bits per heavy atom. The van der Waals surface area contributed by atoms with E-state index in [-0.39, 0.29) is 11.4 Å². The number of aryl methyl sites for hydroxylation is 1. The van der Waals surface area contributed by atoms with Crippen LogP contribution in [0, 0.1) is 11.3 Å². The van der Waals surface area contributed by atoms with Gasteiger partial charge < -0.3 is 9.84 Å². The summed E-state index contributed by atoms with van der Waals surface area (Å²) in [6.45, 7) is 8.07. The van der Waals surface area contributed by atoms with Gasteiger partial charge in [0.25, 0.3) is 0 Å². The van der Waals surface area contributed by atoms with Gasteiger partial charge in [-0.1, -0.05) is 31.5 Å². The Morgan fingerprint density at radius 2 is 2.00 bits per heavy atom. The minimum absolute atomic E-state index is 0.00685. The quantitative estimate of drug-likeness (QED) is 0.831. The van der Waals surface area contributed by atoms with Gasteiger partial charge in [-0.25, -0.2) is 0 Å². The zero-order valence-corrected chi connectivity index (χ0v) is 15.6. The molecular formula is C21H30O3. The molecule has 1 aromatic carbocycles. The number of aliphatic hydroxyl groups is 1. The molecule has 0 unspecified atom stereocenters. The molecule has 1 aromatic rings. The highest BCUT2D eigenvalue weighted by atomic mass is 16.5. The van der Waals surface area contributed by atoms with Gasteiger partial charge in [-0.15, -0.1) is 0 Å². The number of carbonyl (C=O) groups is 1. The zero-order valence-electron chi connectivity index (χ0n) is 15.6. The molecule has 1 saturated carbocycles. The molecule has 3 heteroatoms. The van der Waals surface area contributed by atoms with Crippen LogP contribution in [0.3, 0.4) is 0 Å². The molecule has 0 bridgehead atoms. The van der Waals surface area contributed by atoms with E-state index in [1.54, 1.807) is 0 Å². The minimum Gasteiger partial charge on any atom is -0.469 e. The standard InChI is InChI=1S/C21H30O3/c1-19(2,23)15-8-9-16-14(13-15)7-10-17-20(16,3)11-6-12-21(17,4)18(22)24-5/h8-9,13,17,23H,6-7,10-12H2,1-5H3/t17-,20+,21+/m0/s1. The molecule has 3 atom stereocenters. The van der Waals surface area contributed by atoms with Gasteiger partial charge in [-0.3, -0.25) is 4.79 Å². The van der Waals surface area contributed by atoms with Crippen molar-refractivity contribution in [1.82, 2.24) is 0 Å². The second kappa shape index (κ2) is 5.59. The summed E-state index contributed by atoms with van der Waals surface area (Å²) in [5.74, 6) is 0.252. The summed E-state index contributed by atoms with van der Waals surface area (Å²) >= 11 is 0. The van der Waals surface area contributed by atoms with Crippen molar-refractivity contribution in [3.8, 4) is 0 Å². The summed E-state index contributed by atoms with van der Waals surface area (Å²) in [7, 11) is 1.51. The monoisotopic (exact) mass is 330 g/mol. The Bertz CT molecular complexity index is 658. The van der Waals surface area contributed by atoms with Crippen molar-refractivity contribution >= 4 is 5.97 Å². The van der Waals surface area contributed by atoms with Gasteiger partial charge >= 0.3 is 5.97 Å². The molecule has 2 aliphatic rings. The minimum atomic E-state index is -0.820. The molecule has 0 radical (unpaired) electrons. The van der Waals surface area contributed by atoms with Gasteiger partial charge in [0.15, 0.2) is 0 Å². The van der Waals surface area contributed by atoms with Crippen LogP contribution < -0.4 is 0 Å². The fraction of sp³-hybridized carbons (Fsp3) is 0.667. The van der Waals surface area contributed by atoms with E-state index >= 15 is 0 Å². The maximum absolute atomic E-state index is 12.5. The maximum atomic E-state index is 12.5. The summed E-state index contributed by atoms with van der Waals surface area (Å²) in [5.41, 5.74) is 2.46. The number of esters is 1. The maximum Gasteiger partial charge on any atom is 0.311 e. The molecule has 2 aliphatic carbocycles. The molecule has 0 heterocycles. The predicted molar refractivity (Wildman–Crippen MR) is 94.8 cm³/mol. The van der Waals surface area contributed by atoms with Crippen molar-refractivity contribution < 1.29 is 14.6 Å². The molecule has 1 fully saturated rings. The Kier molecular flexibility index (Phi) is 4.07. The zero-order chi connectivity index (χ0) is 17.8. The predicted octanol–water partition coefficient (Wildman–Crippen LogP) is 4.10. The van der Waals surface area contributed by atoms with Gasteiger partial charge in [0.1, 0.15) is 0 Å². The smallest absolute Gasteiger partial charge is 0.311 e. The highest BCUT2D eigenvalue weighted by Crippen LogP contribution is 2.57. The van der Waals surface area contributed by atoms with Gasteiger partial charge in [0.05, 0.1) is 18.1 Å². The molecule has 0 amide bonds. The van der Waals surface area contributed by atoms with Crippen LogP contribution in [0.2, 0.25) is 0 Å². The fourth-order valence-electron chi connectivity index (χ4n) is 5.35. The molecular weight excluding hydrogens is 300 g/mol. The van der Waals surface area contributed by atoms with E-state index in [0.717, 1.165) is 37.7 Å². The second-order valence-electron chi connectivity index (χ2n) is 8.70. The highest BCUT2D eigenvalue weighted by Gasteiger charge is 2.55. The van der Waals surface area contributed by atoms with Crippen LogP contribution in [0.5, 0.6) is 0 Å². The van der Waals surface area contributed by atoms with Crippen molar-refractivity contribution in [3.05, 3.63) is 34.9 Å². The van der Waals surface area contributed by atoms with Gasteiger partial charge in [-0.05, 0) is 74.5 Å². The first kappa shape index (κ1) is 17.5. The molecule has 0 aliphatic heterocycles. The van der Waals surface area contributed by atoms with E-state index in [4.69, 9.17) is 4.74 Å². The number of rotatable bonds is 2. The third kappa shape index (κ3) is 2.48. The second-order valence-corrected chi connectivity index (χ2v) is 8.70. The normalized spacial score (nSPS) is 32.7. The van der Waals surface area contributed by atoms with E-state index in [0.29, 0.717) is 5.92 Å². The summed E-state index contributed by atoms with van der Waals surface area (Å²) in [4.78, 5) is 12.5. The van der Waals surface area contributed by atoms with Crippen LogP contribution in [0.4, 0.5) is 0 Å². The summed E-state index contributed by atoms with van der Waals surface area (Å²) in [6.07, 6.45) is 5.04. The van der Waals surface area contributed by atoms with Crippen LogP contribution in [-0.4, -0.2) is 18.2 Å². The van der Waals surface area contributed by atoms with Crippen LogP contribution in [0.25, 0.3) is 0 Å². The van der Waals surface area contributed by atoms with Crippen molar-refractivity contribution in [1.29, 1.82) is 0 Å². The van der Waals surface area contributed by atoms with Crippen LogP contribution in [0.15, 0.2) is 18.2 Å². The Balaban J connectivity index is 2.06. The number of carbonyl (C=O) groups excluding carboxylic acids is 1. The van der Waals surface area contributed by atoms with Gasteiger partial charge in [-0.2, -0.15) is 0 Å². The average Bonchev–Trinajstić information content (AvgIpc) is 2.52. The number of hydrogen-bond donors (Lipinski definition) is 1. The van der Waals surface area contributed by atoms with E-state index < -0.39 is 11.0 Å². The number of benzene rings is 1. The first-order valence-electron chi connectivity index (χ1n) is 9.07. The Labute approximate surface area is 145 Å². The van der Waals surface area contributed by atoms with E-state index in [1.807, 2.05) is 13.8 Å². The number of ether oxygens (including phenoxy) is 1. The Hall–Kier alpha value is -1.35. The van der Waals surface area contributed by atoms with Crippen molar-refractivity contribution in [3.63, 3.8) is 0 Å². The van der Waals surface area contributed by atoms with E-state index in [2.05, 4.69) is 32.0 Å². The van der Waals surface area contributed by atoms with Crippen LogP contribution in [-0.2, 0) is 27.0 Å². The first-order valence-corrected chi connectivity index (χ1v) is 9.07. The summed E-state index contributed by atoms with van der Waals surface area (Å²) in [5, 5.41) is 10.3. The molecule has 0 saturated heterocycles. The molecule has 3 nitrogen and oxygen atoms in total. The topological polar surface area (TPSA) is 46.5 Å². The molecule has 132 valence electrons. The number of hydrogen-bond acceptors (Lipinski definition) is 3. The fourth-order valence-corrected chi connectivity index (χ4v) is 5.35. The molecule has 0 aromatic heterocycles.